The van der Waals surface area contributed by atoms with E-state index in [1.807, 2.05) is 29.5 Å². The van der Waals surface area contributed by atoms with E-state index in [0.717, 1.165) is 25.1 Å². The van der Waals surface area contributed by atoms with Crippen LogP contribution in [0.15, 0.2) is 12.4 Å². The second-order valence-electron chi connectivity index (χ2n) is 5.25. The van der Waals surface area contributed by atoms with Gasteiger partial charge in [0.1, 0.15) is 0 Å². The summed E-state index contributed by atoms with van der Waals surface area (Å²) in [5.74, 6) is 5.71. The Labute approximate surface area is 119 Å². The van der Waals surface area contributed by atoms with Crippen molar-refractivity contribution in [2.45, 2.75) is 46.2 Å². The molecule has 0 aliphatic rings. The van der Waals surface area contributed by atoms with Crippen LogP contribution in [0.25, 0.3) is 0 Å². The van der Waals surface area contributed by atoms with E-state index in [4.69, 9.17) is 5.84 Å². The number of aromatic nitrogens is 4. The molecule has 6 heteroatoms. The highest BCUT2D eigenvalue weighted by Gasteiger charge is 2.16. The fraction of sp³-hybridized carbons (Fsp3) is 0.571. The Morgan fingerprint density at radius 1 is 1.35 bits per heavy atom. The molecule has 0 amide bonds. The standard InChI is InChI=1S/C14H24N6/c1-5-20-9-12(8-16-20)6-13(17-15)7-14-10(2)18-19(4)11(14)3/h8-9,13,17H,5-7,15H2,1-4H3. The second-order valence-corrected chi connectivity index (χ2v) is 5.25. The number of nitrogens with one attached hydrogen (secondary N) is 1. The van der Waals surface area contributed by atoms with Crippen LogP contribution in [0.2, 0.25) is 0 Å². The normalized spacial score (nSPS) is 12.8. The Hall–Kier alpha value is -1.66. The first kappa shape index (κ1) is 14.7. The van der Waals surface area contributed by atoms with Gasteiger partial charge in [-0.05, 0) is 44.7 Å². The Kier molecular flexibility index (Phi) is 4.57. The van der Waals surface area contributed by atoms with Crippen molar-refractivity contribution in [3.63, 3.8) is 0 Å². The van der Waals surface area contributed by atoms with E-state index in [9.17, 15) is 0 Å². The first-order valence-corrected chi connectivity index (χ1v) is 7.01. The van der Waals surface area contributed by atoms with Crippen LogP contribution in [0.3, 0.4) is 0 Å². The van der Waals surface area contributed by atoms with Gasteiger partial charge in [0.2, 0.25) is 0 Å². The molecule has 6 nitrogen and oxygen atoms in total. The highest BCUT2D eigenvalue weighted by atomic mass is 15.3. The average Bonchev–Trinajstić information content (AvgIpc) is 2.98. The van der Waals surface area contributed by atoms with Crippen LogP contribution in [-0.4, -0.2) is 25.6 Å². The van der Waals surface area contributed by atoms with Crippen molar-refractivity contribution in [2.75, 3.05) is 0 Å². The average molecular weight is 276 g/mol. The molecule has 0 aromatic carbocycles. The van der Waals surface area contributed by atoms with Gasteiger partial charge in [0.25, 0.3) is 0 Å². The van der Waals surface area contributed by atoms with Gasteiger partial charge >= 0.3 is 0 Å². The number of hydrazine groups is 1. The SMILES string of the molecule is CCn1cc(CC(Cc2c(C)nn(C)c2C)NN)cn1. The van der Waals surface area contributed by atoms with Crippen molar-refractivity contribution < 1.29 is 0 Å². The fourth-order valence-electron chi connectivity index (χ4n) is 2.52. The number of hydrogen-bond donors (Lipinski definition) is 2. The number of nitrogens with zero attached hydrogens (tertiary/aromatic N) is 4. The molecule has 20 heavy (non-hydrogen) atoms. The summed E-state index contributed by atoms with van der Waals surface area (Å²) in [6, 6.07) is 0.186. The zero-order valence-corrected chi connectivity index (χ0v) is 12.7. The van der Waals surface area contributed by atoms with Crippen LogP contribution in [0, 0.1) is 13.8 Å². The lowest BCUT2D eigenvalue weighted by atomic mass is 10.00. The Morgan fingerprint density at radius 3 is 2.60 bits per heavy atom. The highest BCUT2D eigenvalue weighted by molar-refractivity contribution is 5.26. The quantitative estimate of drug-likeness (QED) is 0.606. The molecule has 3 N–H and O–H groups in total. The summed E-state index contributed by atoms with van der Waals surface area (Å²) >= 11 is 0. The summed E-state index contributed by atoms with van der Waals surface area (Å²) in [5, 5.41) is 8.75. The molecule has 0 saturated heterocycles. The van der Waals surface area contributed by atoms with Crippen LogP contribution in [0.1, 0.15) is 29.4 Å². The summed E-state index contributed by atoms with van der Waals surface area (Å²) in [6.45, 7) is 7.11. The molecule has 110 valence electrons. The number of nitrogens with two attached hydrogens (primary N) is 1. The minimum Gasteiger partial charge on any atom is -0.273 e. The molecule has 0 spiro atoms. The Morgan fingerprint density at radius 2 is 2.10 bits per heavy atom. The van der Waals surface area contributed by atoms with E-state index in [1.165, 1.54) is 16.8 Å². The zero-order chi connectivity index (χ0) is 14.7. The van der Waals surface area contributed by atoms with Crippen LogP contribution in [-0.2, 0) is 26.4 Å². The van der Waals surface area contributed by atoms with Crippen LogP contribution in [0.4, 0.5) is 0 Å². The maximum Gasteiger partial charge on any atom is 0.0628 e. The topological polar surface area (TPSA) is 73.7 Å². The van der Waals surface area contributed by atoms with Crippen molar-refractivity contribution >= 4 is 0 Å². The monoisotopic (exact) mass is 276 g/mol. The van der Waals surface area contributed by atoms with Gasteiger partial charge in [-0.25, -0.2) is 0 Å². The zero-order valence-electron chi connectivity index (χ0n) is 12.7. The summed E-state index contributed by atoms with van der Waals surface area (Å²) in [4.78, 5) is 0. The third-order valence-corrected chi connectivity index (χ3v) is 3.84. The van der Waals surface area contributed by atoms with Crippen molar-refractivity contribution in [3.8, 4) is 0 Å². The molecule has 0 aliphatic carbocycles. The van der Waals surface area contributed by atoms with E-state index < -0.39 is 0 Å². The lowest BCUT2D eigenvalue weighted by Crippen LogP contribution is -2.38. The number of rotatable bonds is 6. The highest BCUT2D eigenvalue weighted by Crippen LogP contribution is 2.16. The molecule has 2 heterocycles. The van der Waals surface area contributed by atoms with E-state index in [1.54, 1.807) is 0 Å². The third kappa shape index (κ3) is 3.08. The summed E-state index contributed by atoms with van der Waals surface area (Å²) < 4.78 is 3.86. The fourth-order valence-corrected chi connectivity index (χ4v) is 2.52. The smallest absolute Gasteiger partial charge is 0.0628 e. The molecule has 0 saturated carbocycles. The van der Waals surface area contributed by atoms with Crippen LogP contribution in [0.5, 0.6) is 0 Å². The maximum atomic E-state index is 5.71. The van der Waals surface area contributed by atoms with E-state index >= 15 is 0 Å². The number of aryl methyl sites for hydroxylation is 3. The van der Waals surface area contributed by atoms with Crippen LogP contribution < -0.4 is 11.3 Å². The predicted octanol–water partition coefficient (Wildman–Crippen LogP) is 0.870. The molecule has 2 aromatic rings. The van der Waals surface area contributed by atoms with E-state index in [2.05, 4.69) is 35.7 Å². The van der Waals surface area contributed by atoms with Gasteiger partial charge in [0.15, 0.2) is 0 Å². The Bertz CT molecular complexity index is 568. The molecule has 0 aliphatic heterocycles. The molecule has 0 radical (unpaired) electrons. The van der Waals surface area contributed by atoms with Gasteiger partial charge in [-0.2, -0.15) is 10.2 Å². The number of hydrogen-bond acceptors (Lipinski definition) is 4. The first-order valence-electron chi connectivity index (χ1n) is 7.01. The minimum absolute atomic E-state index is 0.186. The predicted molar refractivity (Wildman–Crippen MR) is 79.1 cm³/mol. The van der Waals surface area contributed by atoms with Gasteiger partial charge < -0.3 is 0 Å². The molecule has 1 unspecified atom stereocenters. The van der Waals surface area contributed by atoms with Gasteiger partial charge in [-0.15, -0.1) is 0 Å². The Balaban J connectivity index is 2.08. The molecule has 1 atom stereocenters. The van der Waals surface area contributed by atoms with Gasteiger partial charge in [0, 0.05) is 31.5 Å². The molecule has 2 rings (SSSR count). The summed E-state index contributed by atoms with van der Waals surface area (Å²) in [6.07, 6.45) is 5.73. The first-order chi connectivity index (χ1) is 9.55. The lowest BCUT2D eigenvalue weighted by Gasteiger charge is -2.15. The summed E-state index contributed by atoms with van der Waals surface area (Å²) in [7, 11) is 1.97. The van der Waals surface area contributed by atoms with Crippen molar-refractivity contribution in [1.29, 1.82) is 0 Å². The second kappa shape index (κ2) is 6.19. The maximum absolute atomic E-state index is 5.71. The van der Waals surface area contributed by atoms with E-state index in [-0.39, 0.29) is 6.04 Å². The van der Waals surface area contributed by atoms with Gasteiger partial charge in [-0.1, -0.05) is 0 Å². The largest absolute Gasteiger partial charge is 0.273 e. The van der Waals surface area contributed by atoms with Crippen molar-refractivity contribution in [1.82, 2.24) is 25.0 Å². The lowest BCUT2D eigenvalue weighted by molar-refractivity contribution is 0.520. The molecular formula is C14H24N6. The van der Waals surface area contributed by atoms with Gasteiger partial charge in [-0.3, -0.25) is 20.6 Å². The molecule has 0 fully saturated rings. The van der Waals surface area contributed by atoms with Crippen molar-refractivity contribution in [3.05, 3.63) is 34.9 Å². The third-order valence-electron chi connectivity index (χ3n) is 3.84. The van der Waals surface area contributed by atoms with Gasteiger partial charge in [0.05, 0.1) is 11.9 Å². The summed E-state index contributed by atoms with van der Waals surface area (Å²) in [5.41, 5.74) is 7.67. The van der Waals surface area contributed by atoms with Crippen LogP contribution >= 0.6 is 0 Å². The van der Waals surface area contributed by atoms with Crippen molar-refractivity contribution in [2.24, 2.45) is 12.9 Å². The molecule has 2 aromatic heterocycles. The molecule has 0 bridgehead atoms. The van der Waals surface area contributed by atoms with E-state index in [0.29, 0.717) is 0 Å². The minimum atomic E-state index is 0.186. The molecular weight excluding hydrogens is 252 g/mol.